The molecule has 0 bridgehead atoms. The molecule has 1 aromatic carbocycles. The van der Waals surface area contributed by atoms with Gasteiger partial charge in [0.25, 0.3) is 5.91 Å². The van der Waals surface area contributed by atoms with Crippen molar-refractivity contribution in [1.82, 2.24) is 4.90 Å². The van der Waals surface area contributed by atoms with Gasteiger partial charge in [0.05, 0.1) is 6.61 Å². The SMILES string of the molecule is CCOC(=O)COc1cccc(C(=O)N2CCCCC2)c1. The van der Waals surface area contributed by atoms with Crippen LogP contribution in [0.5, 0.6) is 5.75 Å². The second-order valence-corrected chi connectivity index (χ2v) is 4.97. The van der Waals surface area contributed by atoms with Crippen molar-refractivity contribution in [2.75, 3.05) is 26.3 Å². The van der Waals surface area contributed by atoms with Crippen molar-refractivity contribution in [2.24, 2.45) is 0 Å². The molecule has 1 fully saturated rings. The lowest BCUT2D eigenvalue weighted by Crippen LogP contribution is -2.35. The first-order valence-corrected chi connectivity index (χ1v) is 7.38. The molecular weight excluding hydrogens is 270 g/mol. The minimum absolute atomic E-state index is 0.0243. The number of ether oxygens (including phenoxy) is 2. The first-order valence-electron chi connectivity index (χ1n) is 7.38. The Morgan fingerprint density at radius 2 is 1.95 bits per heavy atom. The number of esters is 1. The summed E-state index contributed by atoms with van der Waals surface area (Å²) in [4.78, 5) is 25.5. The molecule has 1 saturated heterocycles. The predicted octanol–water partition coefficient (Wildman–Crippen LogP) is 2.25. The maximum atomic E-state index is 12.4. The summed E-state index contributed by atoms with van der Waals surface area (Å²) in [7, 11) is 0. The first kappa shape index (κ1) is 15.4. The molecule has 1 aliphatic heterocycles. The van der Waals surface area contributed by atoms with Gasteiger partial charge in [0.15, 0.2) is 6.61 Å². The first-order chi connectivity index (χ1) is 10.2. The van der Waals surface area contributed by atoms with Crippen molar-refractivity contribution < 1.29 is 19.1 Å². The quantitative estimate of drug-likeness (QED) is 0.781. The number of rotatable bonds is 5. The van der Waals surface area contributed by atoms with Gasteiger partial charge in [-0.15, -0.1) is 0 Å². The van der Waals surface area contributed by atoms with Gasteiger partial charge in [0.1, 0.15) is 5.75 Å². The van der Waals surface area contributed by atoms with Crippen molar-refractivity contribution in [1.29, 1.82) is 0 Å². The number of nitrogens with zero attached hydrogens (tertiary/aromatic N) is 1. The molecule has 0 N–H and O–H groups in total. The molecule has 5 heteroatoms. The van der Waals surface area contributed by atoms with Crippen molar-refractivity contribution in [3.05, 3.63) is 29.8 Å². The zero-order chi connectivity index (χ0) is 15.1. The van der Waals surface area contributed by atoms with Crippen LogP contribution in [0.4, 0.5) is 0 Å². The van der Waals surface area contributed by atoms with E-state index in [1.165, 1.54) is 6.42 Å². The van der Waals surface area contributed by atoms with Crippen LogP contribution in [0.15, 0.2) is 24.3 Å². The maximum Gasteiger partial charge on any atom is 0.344 e. The summed E-state index contributed by atoms with van der Waals surface area (Å²) in [5.41, 5.74) is 0.596. The number of hydrogen-bond donors (Lipinski definition) is 0. The summed E-state index contributed by atoms with van der Waals surface area (Å²) < 4.78 is 10.2. The fourth-order valence-electron chi connectivity index (χ4n) is 2.34. The molecule has 0 aliphatic carbocycles. The number of amides is 1. The van der Waals surface area contributed by atoms with Crippen molar-refractivity contribution >= 4 is 11.9 Å². The van der Waals surface area contributed by atoms with Gasteiger partial charge in [-0.1, -0.05) is 6.07 Å². The van der Waals surface area contributed by atoms with Gasteiger partial charge in [-0.3, -0.25) is 4.79 Å². The Bertz CT molecular complexity index is 495. The minimum Gasteiger partial charge on any atom is -0.482 e. The summed E-state index contributed by atoms with van der Waals surface area (Å²) >= 11 is 0. The van der Waals surface area contributed by atoms with E-state index in [1.54, 1.807) is 31.2 Å². The molecule has 21 heavy (non-hydrogen) atoms. The standard InChI is InChI=1S/C16H21NO4/c1-2-20-15(18)12-21-14-8-6-7-13(11-14)16(19)17-9-4-3-5-10-17/h6-8,11H,2-5,9-10,12H2,1H3. The summed E-state index contributed by atoms with van der Waals surface area (Å²) in [6, 6.07) is 6.94. The fourth-order valence-corrected chi connectivity index (χ4v) is 2.34. The van der Waals surface area contributed by atoms with E-state index in [9.17, 15) is 9.59 Å². The Kier molecular flexibility index (Phi) is 5.60. The van der Waals surface area contributed by atoms with Crippen LogP contribution in [0.2, 0.25) is 0 Å². The molecule has 114 valence electrons. The van der Waals surface area contributed by atoms with E-state index in [4.69, 9.17) is 9.47 Å². The number of carbonyl (C=O) groups is 2. The monoisotopic (exact) mass is 291 g/mol. The molecular formula is C16H21NO4. The highest BCUT2D eigenvalue weighted by atomic mass is 16.6. The van der Waals surface area contributed by atoms with Crippen LogP contribution < -0.4 is 4.74 Å². The van der Waals surface area contributed by atoms with Gasteiger partial charge in [-0.05, 0) is 44.4 Å². The van der Waals surface area contributed by atoms with Crippen molar-refractivity contribution in [3.63, 3.8) is 0 Å². The Hall–Kier alpha value is -2.04. The van der Waals surface area contributed by atoms with Gasteiger partial charge in [-0.25, -0.2) is 4.79 Å². The van der Waals surface area contributed by atoms with Crippen molar-refractivity contribution in [2.45, 2.75) is 26.2 Å². The molecule has 2 rings (SSSR count). The summed E-state index contributed by atoms with van der Waals surface area (Å²) in [6.07, 6.45) is 3.31. The van der Waals surface area contributed by atoms with Crippen LogP contribution >= 0.6 is 0 Å². The molecule has 1 aliphatic rings. The Morgan fingerprint density at radius 3 is 2.67 bits per heavy atom. The lowest BCUT2D eigenvalue weighted by molar-refractivity contribution is -0.145. The van der Waals surface area contributed by atoms with E-state index in [-0.39, 0.29) is 12.5 Å². The highest BCUT2D eigenvalue weighted by Crippen LogP contribution is 2.17. The van der Waals surface area contributed by atoms with E-state index in [2.05, 4.69) is 0 Å². The smallest absolute Gasteiger partial charge is 0.344 e. The van der Waals surface area contributed by atoms with Crippen LogP contribution in [0.25, 0.3) is 0 Å². The average molecular weight is 291 g/mol. The average Bonchev–Trinajstić information content (AvgIpc) is 2.54. The molecule has 0 atom stereocenters. The molecule has 0 aromatic heterocycles. The zero-order valence-electron chi connectivity index (χ0n) is 12.3. The summed E-state index contributed by atoms with van der Waals surface area (Å²) in [6.45, 7) is 3.56. The van der Waals surface area contributed by atoms with E-state index in [0.29, 0.717) is 17.9 Å². The van der Waals surface area contributed by atoms with Crippen LogP contribution in [-0.2, 0) is 9.53 Å². The number of likely N-dealkylation sites (tertiary alicyclic amines) is 1. The predicted molar refractivity (Wildman–Crippen MR) is 78.3 cm³/mol. The van der Waals surface area contributed by atoms with Crippen molar-refractivity contribution in [3.8, 4) is 5.75 Å². The van der Waals surface area contributed by atoms with Crippen LogP contribution in [0, 0.1) is 0 Å². The number of benzene rings is 1. The van der Waals surface area contributed by atoms with Crippen LogP contribution in [0.3, 0.4) is 0 Å². The summed E-state index contributed by atoms with van der Waals surface area (Å²) in [5, 5.41) is 0. The summed E-state index contributed by atoms with van der Waals surface area (Å²) in [5.74, 6) is 0.118. The second-order valence-electron chi connectivity index (χ2n) is 4.97. The molecule has 1 heterocycles. The van der Waals surface area contributed by atoms with E-state index >= 15 is 0 Å². The molecule has 5 nitrogen and oxygen atoms in total. The number of carbonyl (C=O) groups excluding carboxylic acids is 2. The van der Waals surface area contributed by atoms with Crippen LogP contribution in [0.1, 0.15) is 36.5 Å². The lowest BCUT2D eigenvalue weighted by atomic mass is 10.1. The largest absolute Gasteiger partial charge is 0.482 e. The zero-order valence-corrected chi connectivity index (χ0v) is 12.3. The molecule has 0 spiro atoms. The number of hydrogen-bond acceptors (Lipinski definition) is 4. The topological polar surface area (TPSA) is 55.8 Å². The Balaban J connectivity index is 1.96. The van der Waals surface area contributed by atoms with Crippen LogP contribution in [-0.4, -0.2) is 43.1 Å². The molecule has 0 saturated carbocycles. The van der Waals surface area contributed by atoms with Gasteiger partial charge in [0.2, 0.25) is 0 Å². The van der Waals surface area contributed by atoms with E-state index in [0.717, 1.165) is 25.9 Å². The maximum absolute atomic E-state index is 12.4. The van der Waals surface area contributed by atoms with Gasteiger partial charge in [0, 0.05) is 18.7 Å². The van der Waals surface area contributed by atoms with E-state index < -0.39 is 5.97 Å². The van der Waals surface area contributed by atoms with Gasteiger partial charge >= 0.3 is 5.97 Å². The molecule has 1 amide bonds. The molecule has 0 unspecified atom stereocenters. The highest BCUT2D eigenvalue weighted by Gasteiger charge is 2.18. The molecule has 1 aromatic rings. The van der Waals surface area contributed by atoms with Gasteiger partial charge in [-0.2, -0.15) is 0 Å². The second kappa shape index (κ2) is 7.67. The lowest BCUT2D eigenvalue weighted by Gasteiger charge is -2.26. The Morgan fingerprint density at radius 1 is 1.19 bits per heavy atom. The third-order valence-corrected chi connectivity index (χ3v) is 3.39. The molecule has 0 radical (unpaired) electrons. The number of piperidine rings is 1. The minimum atomic E-state index is -0.412. The Labute approximate surface area is 124 Å². The third-order valence-electron chi connectivity index (χ3n) is 3.39. The van der Waals surface area contributed by atoms with E-state index in [1.807, 2.05) is 4.90 Å². The fraction of sp³-hybridized carbons (Fsp3) is 0.500. The van der Waals surface area contributed by atoms with Gasteiger partial charge < -0.3 is 14.4 Å². The normalized spacial score (nSPS) is 14.6. The third kappa shape index (κ3) is 4.48. The highest BCUT2D eigenvalue weighted by molar-refractivity contribution is 5.94.